The van der Waals surface area contributed by atoms with Gasteiger partial charge < -0.3 is 19.6 Å². The highest BCUT2D eigenvalue weighted by atomic mass is 16.5. The Morgan fingerprint density at radius 1 is 1.19 bits per heavy atom. The summed E-state index contributed by atoms with van der Waals surface area (Å²) in [5.74, 6) is -0.711. The van der Waals surface area contributed by atoms with E-state index in [1.807, 2.05) is 21.0 Å². The third-order valence-electron chi connectivity index (χ3n) is 5.41. The molecule has 1 aliphatic heterocycles. The van der Waals surface area contributed by atoms with Crippen molar-refractivity contribution in [1.82, 2.24) is 9.88 Å². The number of nitrogens with one attached hydrogen (secondary N) is 1. The number of pyridine rings is 1. The van der Waals surface area contributed by atoms with E-state index in [9.17, 15) is 14.7 Å². The first kappa shape index (κ1) is 23.5. The Balaban J connectivity index is 2.05. The normalized spacial score (nSPS) is 18.1. The van der Waals surface area contributed by atoms with Crippen LogP contribution in [0.3, 0.4) is 0 Å². The fourth-order valence-corrected chi connectivity index (χ4v) is 3.70. The van der Waals surface area contributed by atoms with Crippen molar-refractivity contribution in [2.45, 2.75) is 26.8 Å². The number of ketones is 1. The molecule has 0 aliphatic carbocycles. The summed E-state index contributed by atoms with van der Waals surface area (Å²) in [6, 6.07) is 7.90. The van der Waals surface area contributed by atoms with Gasteiger partial charge in [-0.1, -0.05) is 25.7 Å². The summed E-state index contributed by atoms with van der Waals surface area (Å²) in [5.41, 5.74) is 1.87. The van der Waals surface area contributed by atoms with Crippen LogP contribution in [0, 0.1) is 12.8 Å². The maximum absolute atomic E-state index is 13.5. The van der Waals surface area contributed by atoms with Crippen LogP contribution in [0.15, 0.2) is 48.3 Å². The lowest BCUT2D eigenvalue weighted by molar-refractivity contribution is -0.857. The van der Waals surface area contributed by atoms with Crippen LogP contribution in [-0.2, 0) is 9.59 Å². The second kappa shape index (κ2) is 9.96. The molecule has 1 N–H and O–H groups in total. The molecule has 170 valence electrons. The van der Waals surface area contributed by atoms with Crippen molar-refractivity contribution < 1.29 is 24.3 Å². The van der Waals surface area contributed by atoms with E-state index < -0.39 is 23.5 Å². The molecule has 1 aromatic heterocycles. The third kappa shape index (κ3) is 4.99. The van der Waals surface area contributed by atoms with Crippen molar-refractivity contribution in [2.75, 3.05) is 33.8 Å². The number of likely N-dealkylation sites (N-methyl/N-ethyl adjacent to an activating group) is 1. The predicted octanol–water partition coefficient (Wildman–Crippen LogP) is 0.793. The van der Waals surface area contributed by atoms with Crippen LogP contribution >= 0.6 is 0 Å². The number of carbonyl (C=O) groups excluding carboxylic acids is 2. The van der Waals surface area contributed by atoms with E-state index in [4.69, 9.17) is 4.74 Å². The summed E-state index contributed by atoms with van der Waals surface area (Å²) in [4.78, 5) is 32.6. The minimum atomic E-state index is -0.733. The van der Waals surface area contributed by atoms with Crippen LogP contribution in [0.5, 0.6) is 5.75 Å². The zero-order valence-corrected chi connectivity index (χ0v) is 19.3. The van der Waals surface area contributed by atoms with Crippen LogP contribution in [0.2, 0.25) is 0 Å². The number of aryl methyl sites for hydroxylation is 1. The van der Waals surface area contributed by atoms with Crippen molar-refractivity contribution >= 4 is 17.4 Å². The quantitative estimate of drug-likeness (QED) is 0.375. The van der Waals surface area contributed by atoms with Crippen LogP contribution in [-0.4, -0.2) is 55.4 Å². The first-order valence-electron chi connectivity index (χ1n) is 10.9. The molecular formula is C25H31N3O4. The molecule has 7 heteroatoms. The lowest BCUT2D eigenvalue weighted by Gasteiger charge is -2.27. The number of Topliss-reactive ketones (excluding diaryl/α,β-unsaturated/α-hetero) is 1. The molecule has 0 bridgehead atoms. The van der Waals surface area contributed by atoms with Gasteiger partial charge in [0.2, 0.25) is 5.78 Å². The fraction of sp³-hybridized carbons (Fsp3) is 0.400. The number of ether oxygens (including phenoxy) is 1. The van der Waals surface area contributed by atoms with E-state index in [1.54, 1.807) is 42.7 Å². The molecular weight excluding hydrogens is 406 g/mol. The summed E-state index contributed by atoms with van der Waals surface area (Å²) >= 11 is 0. The van der Waals surface area contributed by atoms with Crippen molar-refractivity contribution in [3.8, 4) is 5.75 Å². The first-order chi connectivity index (χ1) is 15.2. The zero-order chi connectivity index (χ0) is 23.4. The van der Waals surface area contributed by atoms with Crippen molar-refractivity contribution in [3.63, 3.8) is 0 Å². The summed E-state index contributed by atoms with van der Waals surface area (Å²) in [5, 5.41) is 13.5. The van der Waals surface area contributed by atoms with Crippen molar-refractivity contribution in [2.24, 2.45) is 5.92 Å². The molecule has 1 saturated heterocycles. The van der Waals surface area contributed by atoms with E-state index in [-0.39, 0.29) is 5.57 Å². The van der Waals surface area contributed by atoms with Gasteiger partial charge >= 0.3 is 0 Å². The van der Waals surface area contributed by atoms with Gasteiger partial charge in [0.05, 0.1) is 39.8 Å². The smallest absolute Gasteiger partial charge is 0.295 e. The molecule has 1 unspecified atom stereocenters. The zero-order valence-electron chi connectivity index (χ0n) is 19.3. The van der Waals surface area contributed by atoms with Gasteiger partial charge in [0.25, 0.3) is 5.91 Å². The summed E-state index contributed by atoms with van der Waals surface area (Å²) < 4.78 is 5.80. The molecule has 1 fully saturated rings. The highest BCUT2D eigenvalue weighted by Crippen LogP contribution is 2.38. The Hall–Kier alpha value is -3.19. The lowest BCUT2D eigenvalue weighted by atomic mass is 9.95. The molecule has 0 radical (unpaired) electrons. The molecule has 0 saturated carbocycles. The Bertz CT molecular complexity index is 1020. The van der Waals surface area contributed by atoms with Crippen LogP contribution in [0.4, 0.5) is 0 Å². The molecule has 0 spiro atoms. The fourth-order valence-electron chi connectivity index (χ4n) is 3.70. The van der Waals surface area contributed by atoms with E-state index in [0.717, 1.165) is 10.5 Å². The minimum absolute atomic E-state index is 0.00907. The minimum Gasteiger partial charge on any atom is -0.872 e. The molecule has 7 nitrogen and oxygen atoms in total. The second-order valence-corrected chi connectivity index (χ2v) is 8.90. The maximum atomic E-state index is 13.5. The van der Waals surface area contributed by atoms with Crippen LogP contribution in [0.25, 0.3) is 5.76 Å². The number of hydrogen-bond donors (Lipinski definition) is 1. The van der Waals surface area contributed by atoms with Gasteiger partial charge in [-0.2, -0.15) is 0 Å². The number of likely N-dealkylation sites (tertiary alicyclic amines) is 1. The van der Waals surface area contributed by atoms with Gasteiger partial charge in [0.15, 0.2) is 0 Å². The molecule has 1 amide bonds. The third-order valence-corrected chi connectivity index (χ3v) is 5.41. The highest BCUT2D eigenvalue weighted by molar-refractivity contribution is 6.46. The predicted molar refractivity (Wildman–Crippen MR) is 120 cm³/mol. The average molecular weight is 438 g/mol. The number of aromatic nitrogens is 1. The summed E-state index contributed by atoms with van der Waals surface area (Å²) in [6.07, 6.45) is 3.20. The molecule has 1 atom stereocenters. The Morgan fingerprint density at radius 2 is 1.88 bits per heavy atom. The number of amides is 1. The topological polar surface area (TPSA) is 87.0 Å². The number of quaternary nitrogens is 1. The second-order valence-electron chi connectivity index (χ2n) is 8.90. The first-order valence-corrected chi connectivity index (χ1v) is 10.9. The number of hydrogen-bond acceptors (Lipinski definition) is 5. The maximum Gasteiger partial charge on any atom is 0.295 e. The van der Waals surface area contributed by atoms with Crippen molar-refractivity contribution in [3.05, 3.63) is 65.0 Å². The number of carbonyl (C=O) groups is 2. The molecule has 3 rings (SSSR count). The SMILES string of the molecule is Cc1cc(C([O-])=C2C(=O)C(=O)N(CC[NH+](C)C)C2c2ccncc2)ccc1OCC(C)C. The molecule has 32 heavy (non-hydrogen) atoms. The Labute approximate surface area is 189 Å². The van der Waals surface area contributed by atoms with Gasteiger partial charge in [0, 0.05) is 18.0 Å². The van der Waals surface area contributed by atoms with Crippen LogP contribution < -0.4 is 14.7 Å². The Morgan fingerprint density at radius 3 is 2.47 bits per heavy atom. The van der Waals surface area contributed by atoms with Gasteiger partial charge in [-0.15, -0.1) is 0 Å². The molecule has 1 aliphatic rings. The van der Waals surface area contributed by atoms with Crippen LogP contribution in [0.1, 0.15) is 36.6 Å². The average Bonchev–Trinajstić information content (AvgIpc) is 3.01. The number of benzene rings is 1. The lowest BCUT2D eigenvalue weighted by Crippen LogP contribution is -3.06. The van der Waals surface area contributed by atoms with Crippen molar-refractivity contribution in [1.29, 1.82) is 0 Å². The number of rotatable bonds is 8. The molecule has 2 aromatic rings. The summed E-state index contributed by atoms with van der Waals surface area (Å²) in [6.45, 7) is 7.60. The van der Waals surface area contributed by atoms with Gasteiger partial charge in [-0.25, -0.2) is 0 Å². The van der Waals surface area contributed by atoms with Gasteiger partial charge in [-0.05, 0) is 53.8 Å². The van der Waals surface area contributed by atoms with E-state index >= 15 is 0 Å². The van der Waals surface area contributed by atoms with E-state index in [1.165, 1.54) is 4.90 Å². The largest absolute Gasteiger partial charge is 0.872 e. The Kier molecular flexibility index (Phi) is 7.30. The molecule has 2 heterocycles. The molecule has 1 aromatic carbocycles. The van der Waals surface area contributed by atoms with E-state index in [0.29, 0.717) is 42.5 Å². The monoisotopic (exact) mass is 437 g/mol. The van der Waals surface area contributed by atoms with Gasteiger partial charge in [0.1, 0.15) is 5.75 Å². The highest BCUT2D eigenvalue weighted by Gasteiger charge is 2.44. The standard InChI is InChI=1S/C25H31N3O4/c1-16(2)15-32-20-7-6-19(14-17(20)3)23(29)21-22(18-8-10-26-11-9-18)28(13-12-27(4)5)25(31)24(21)30/h6-11,14,16,22,29H,12-13,15H2,1-5H3. The summed E-state index contributed by atoms with van der Waals surface area (Å²) in [7, 11) is 3.95. The van der Waals surface area contributed by atoms with Gasteiger partial charge in [-0.3, -0.25) is 14.6 Å². The van der Waals surface area contributed by atoms with E-state index in [2.05, 4.69) is 18.8 Å². The number of nitrogens with zero attached hydrogens (tertiary/aromatic N) is 2.